The number of hydrogen-bond donors (Lipinski definition) is 2. The Bertz CT molecular complexity index is 571. The van der Waals surface area contributed by atoms with Gasteiger partial charge in [0.1, 0.15) is 5.75 Å². The lowest BCUT2D eigenvalue weighted by Gasteiger charge is -2.36. The van der Waals surface area contributed by atoms with Gasteiger partial charge in [-0.15, -0.1) is 0 Å². The van der Waals surface area contributed by atoms with E-state index in [-0.39, 0.29) is 0 Å². The summed E-state index contributed by atoms with van der Waals surface area (Å²) in [5.41, 5.74) is 1.19. The Labute approximate surface area is 154 Å². The van der Waals surface area contributed by atoms with Crippen LogP contribution in [-0.2, 0) is 14.3 Å². The van der Waals surface area contributed by atoms with Crippen molar-refractivity contribution in [1.82, 2.24) is 15.5 Å². The third-order valence-corrected chi connectivity index (χ3v) is 4.32. The van der Waals surface area contributed by atoms with Gasteiger partial charge in [0, 0.05) is 58.6 Å². The number of benzene rings is 1. The fraction of sp³-hybridized carbons (Fsp3) is 0.556. The van der Waals surface area contributed by atoms with Gasteiger partial charge >= 0.3 is 11.8 Å². The number of rotatable bonds is 8. The Morgan fingerprint density at radius 2 is 1.58 bits per heavy atom. The Kier molecular flexibility index (Phi) is 8.17. The minimum Gasteiger partial charge on any atom is -0.497 e. The highest BCUT2D eigenvalue weighted by Crippen LogP contribution is 2.20. The number of anilines is 1. The van der Waals surface area contributed by atoms with E-state index in [4.69, 9.17) is 9.47 Å². The highest BCUT2D eigenvalue weighted by atomic mass is 16.5. The van der Waals surface area contributed by atoms with E-state index in [0.717, 1.165) is 38.5 Å². The molecule has 0 aliphatic carbocycles. The van der Waals surface area contributed by atoms with Crippen molar-refractivity contribution in [1.29, 1.82) is 0 Å². The van der Waals surface area contributed by atoms with Crippen LogP contribution in [0.2, 0.25) is 0 Å². The number of hydrogen-bond acceptors (Lipinski definition) is 6. The maximum absolute atomic E-state index is 11.7. The first kappa shape index (κ1) is 20.0. The lowest BCUT2D eigenvalue weighted by molar-refractivity contribution is -0.139. The molecular weight excluding hydrogens is 336 g/mol. The Morgan fingerprint density at radius 3 is 2.15 bits per heavy atom. The molecule has 0 atom stereocenters. The van der Waals surface area contributed by atoms with Gasteiger partial charge in [-0.2, -0.15) is 0 Å². The molecule has 1 saturated heterocycles. The molecule has 2 amide bonds. The molecule has 2 rings (SSSR count). The summed E-state index contributed by atoms with van der Waals surface area (Å²) in [5.74, 6) is -0.362. The van der Waals surface area contributed by atoms with Gasteiger partial charge in [-0.05, 0) is 24.3 Å². The lowest BCUT2D eigenvalue weighted by atomic mass is 10.2. The van der Waals surface area contributed by atoms with Crippen LogP contribution in [0.1, 0.15) is 0 Å². The molecule has 1 aliphatic heterocycles. The van der Waals surface area contributed by atoms with Gasteiger partial charge in [0.05, 0.1) is 13.7 Å². The van der Waals surface area contributed by atoms with Crippen molar-refractivity contribution in [3.63, 3.8) is 0 Å². The van der Waals surface area contributed by atoms with Gasteiger partial charge in [0.25, 0.3) is 0 Å². The fourth-order valence-corrected chi connectivity index (χ4v) is 2.78. The molecule has 0 spiro atoms. The van der Waals surface area contributed by atoms with Crippen molar-refractivity contribution in [2.24, 2.45) is 0 Å². The summed E-state index contributed by atoms with van der Waals surface area (Å²) in [6.07, 6.45) is 0. The van der Waals surface area contributed by atoms with Crippen LogP contribution in [0.5, 0.6) is 5.75 Å². The second-order valence-corrected chi connectivity index (χ2v) is 6.03. The summed E-state index contributed by atoms with van der Waals surface area (Å²) in [4.78, 5) is 27.8. The van der Waals surface area contributed by atoms with Gasteiger partial charge in [-0.3, -0.25) is 14.5 Å². The van der Waals surface area contributed by atoms with Crippen molar-refractivity contribution in [2.45, 2.75) is 0 Å². The minimum atomic E-state index is -0.619. The van der Waals surface area contributed by atoms with Crippen LogP contribution in [0.15, 0.2) is 24.3 Å². The molecule has 0 saturated carbocycles. The van der Waals surface area contributed by atoms with E-state index in [0.29, 0.717) is 19.7 Å². The average molecular weight is 364 g/mol. The second kappa shape index (κ2) is 10.6. The highest BCUT2D eigenvalue weighted by Gasteiger charge is 2.18. The molecule has 1 fully saturated rings. The van der Waals surface area contributed by atoms with Crippen molar-refractivity contribution in [3.05, 3.63) is 24.3 Å². The number of nitrogens with zero attached hydrogens (tertiary/aromatic N) is 2. The predicted molar refractivity (Wildman–Crippen MR) is 99.5 cm³/mol. The van der Waals surface area contributed by atoms with E-state index in [1.54, 1.807) is 14.2 Å². The summed E-state index contributed by atoms with van der Waals surface area (Å²) in [6, 6.07) is 8.07. The Morgan fingerprint density at radius 1 is 0.962 bits per heavy atom. The van der Waals surface area contributed by atoms with E-state index in [1.165, 1.54) is 5.69 Å². The molecule has 1 aromatic rings. The molecule has 2 N–H and O–H groups in total. The van der Waals surface area contributed by atoms with Crippen LogP contribution in [0.3, 0.4) is 0 Å². The van der Waals surface area contributed by atoms with E-state index in [1.807, 2.05) is 12.1 Å². The highest BCUT2D eigenvalue weighted by molar-refractivity contribution is 6.35. The van der Waals surface area contributed by atoms with Crippen LogP contribution < -0.4 is 20.3 Å². The molecule has 8 nitrogen and oxygen atoms in total. The molecule has 1 aliphatic rings. The van der Waals surface area contributed by atoms with Gasteiger partial charge in [0.2, 0.25) is 0 Å². The number of methoxy groups -OCH3 is 2. The zero-order valence-corrected chi connectivity index (χ0v) is 15.5. The number of carbonyl (C=O) groups is 2. The third kappa shape index (κ3) is 6.20. The molecule has 26 heavy (non-hydrogen) atoms. The van der Waals surface area contributed by atoms with E-state index < -0.39 is 11.8 Å². The van der Waals surface area contributed by atoms with Crippen molar-refractivity contribution in [3.8, 4) is 5.75 Å². The zero-order valence-electron chi connectivity index (χ0n) is 15.5. The van der Waals surface area contributed by atoms with Crippen LogP contribution in [0.25, 0.3) is 0 Å². The number of carbonyl (C=O) groups excluding carboxylic acids is 2. The fourth-order valence-electron chi connectivity index (χ4n) is 2.78. The van der Waals surface area contributed by atoms with Gasteiger partial charge in [0.15, 0.2) is 0 Å². The quantitative estimate of drug-likeness (QED) is 0.487. The van der Waals surface area contributed by atoms with E-state index >= 15 is 0 Å². The molecule has 1 heterocycles. The number of piperazine rings is 1. The summed E-state index contributed by atoms with van der Waals surface area (Å²) in [5, 5.41) is 5.15. The molecule has 1 aromatic carbocycles. The number of amides is 2. The predicted octanol–water partition coefficient (Wildman–Crippen LogP) is -0.304. The topological polar surface area (TPSA) is 83.1 Å². The maximum Gasteiger partial charge on any atom is 0.309 e. The molecular formula is C18H28N4O4. The van der Waals surface area contributed by atoms with Crippen LogP contribution in [0, 0.1) is 0 Å². The minimum absolute atomic E-state index is 0.329. The Hall–Kier alpha value is -2.32. The van der Waals surface area contributed by atoms with Crippen LogP contribution in [-0.4, -0.2) is 83.4 Å². The third-order valence-electron chi connectivity index (χ3n) is 4.32. The summed E-state index contributed by atoms with van der Waals surface area (Å²) >= 11 is 0. The molecule has 144 valence electrons. The lowest BCUT2D eigenvalue weighted by Crippen LogP contribution is -2.49. The van der Waals surface area contributed by atoms with Crippen LogP contribution in [0.4, 0.5) is 5.69 Å². The average Bonchev–Trinajstić information content (AvgIpc) is 2.68. The molecule has 0 aromatic heterocycles. The first-order chi connectivity index (χ1) is 12.6. The van der Waals surface area contributed by atoms with Crippen molar-refractivity contribution >= 4 is 17.5 Å². The number of nitrogens with one attached hydrogen (secondary N) is 2. The summed E-state index contributed by atoms with van der Waals surface area (Å²) < 4.78 is 10.0. The SMILES string of the molecule is COCCNC(=O)C(=O)NCCN1CCN(c2ccc(OC)cc2)CC1. The molecule has 0 unspecified atom stereocenters. The first-order valence-corrected chi connectivity index (χ1v) is 8.80. The monoisotopic (exact) mass is 364 g/mol. The molecule has 0 radical (unpaired) electrons. The van der Waals surface area contributed by atoms with Gasteiger partial charge in [-0.25, -0.2) is 0 Å². The zero-order chi connectivity index (χ0) is 18.8. The van der Waals surface area contributed by atoms with Crippen molar-refractivity contribution in [2.75, 3.05) is 71.5 Å². The second-order valence-electron chi connectivity index (χ2n) is 6.03. The van der Waals surface area contributed by atoms with Gasteiger partial charge in [-0.1, -0.05) is 0 Å². The van der Waals surface area contributed by atoms with Crippen LogP contribution >= 0.6 is 0 Å². The largest absolute Gasteiger partial charge is 0.497 e. The Balaban J connectivity index is 1.64. The van der Waals surface area contributed by atoms with E-state index in [9.17, 15) is 9.59 Å². The maximum atomic E-state index is 11.7. The smallest absolute Gasteiger partial charge is 0.309 e. The van der Waals surface area contributed by atoms with Gasteiger partial charge < -0.3 is 25.0 Å². The van der Waals surface area contributed by atoms with Crippen molar-refractivity contribution < 1.29 is 19.1 Å². The normalized spacial score (nSPS) is 14.8. The summed E-state index contributed by atoms with van der Waals surface area (Å²) in [7, 11) is 3.20. The molecule has 0 bridgehead atoms. The number of ether oxygens (including phenoxy) is 2. The van der Waals surface area contributed by atoms with E-state index in [2.05, 4.69) is 32.6 Å². The first-order valence-electron chi connectivity index (χ1n) is 8.80. The standard InChI is InChI=1S/C18H28N4O4/c1-25-14-8-20-18(24)17(23)19-7-9-21-10-12-22(13-11-21)15-3-5-16(26-2)6-4-15/h3-6H,7-14H2,1-2H3,(H,19,23)(H,20,24). The summed E-state index contributed by atoms with van der Waals surface area (Å²) in [6.45, 7) is 5.60. The molecule has 8 heteroatoms.